The molecule has 1 heterocycles. The van der Waals surface area contributed by atoms with Crippen molar-refractivity contribution in [1.82, 2.24) is 14.5 Å². The van der Waals surface area contributed by atoms with Crippen LogP contribution in [0.2, 0.25) is 0 Å². The SMILES string of the molecule is CCC(C(=O)NC)N(Cc1ccc(C)cc1)C(=O)CCCN1C(=O)c2ccccc2S1(=O)=O. The summed E-state index contributed by atoms with van der Waals surface area (Å²) in [6.07, 6.45) is 0.604. The van der Waals surface area contributed by atoms with Gasteiger partial charge < -0.3 is 10.2 Å². The first kappa shape index (κ1) is 24.4. The highest BCUT2D eigenvalue weighted by atomic mass is 32.2. The number of carbonyl (C=O) groups excluding carboxylic acids is 3. The van der Waals surface area contributed by atoms with Crippen molar-refractivity contribution < 1.29 is 22.8 Å². The molecular formula is C24H29N3O5S. The lowest BCUT2D eigenvalue weighted by Crippen LogP contribution is -2.48. The Morgan fingerprint density at radius 1 is 1.09 bits per heavy atom. The first-order valence-electron chi connectivity index (χ1n) is 10.9. The third-order valence-electron chi connectivity index (χ3n) is 5.77. The molecule has 3 rings (SSSR count). The second-order valence-corrected chi connectivity index (χ2v) is 9.86. The Morgan fingerprint density at radius 2 is 1.76 bits per heavy atom. The highest BCUT2D eigenvalue weighted by molar-refractivity contribution is 7.90. The molecule has 1 N–H and O–H groups in total. The number of nitrogens with zero attached hydrogens (tertiary/aromatic N) is 2. The fraction of sp³-hybridized carbons (Fsp3) is 0.375. The minimum Gasteiger partial charge on any atom is -0.357 e. The molecule has 1 aliphatic heterocycles. The summed E-state index contributed by atoms with van der Waals surface area (Å²) in [4.78, 5) is 39.7. The van der Waals surface area contributed by atoms with Crippen LogP contribution in [0.15, 0.2) is 53.4 Å². The van der Waals surface area contributed by atoms with E-state index < -0.39 is 22.0 Å². The summed E-state index contributed by atoms with van der Waals surface area (Å²) >= 11 is 0. The van der Waals surface area contributed by atoms with Crippen molar-refractivity contribution in [1.29, 1.82) is 0 Å². The summed E-state index contributed by atoms with van der Waals surface area (Å²) in [5.74, 6) is -1.11. The number of nitrogens with one attached hydrogen (secondary N) is 1. The van der Waals surface area contributed by atoms with Crippen molar-refractivity contribution in [2.24, 2.45) is 0 Å². The lowest BCUT2D eigenvalue weighted by Gasteiger charge is -2.30. The first-order valence-corrected chi connectivity index (χ1v) is 12.4. The molecule has 0 radical (unpaired) electrons. The van der Waals surface area contributed by atoms with Gasteiger partial charge in [0.2, 0.25) is 11.8 Å². The van der Waals surface area contributed by atoms with Crippen LogP contribution < -0.4 is 5.32 Å². The van der Waals surface area contributed by atoms with Crippen LogP contribution in [0.4, 0.5) is 0 Å². The lowest BCUT2D eigenvalue weighted by molar-refractivity contribution is -0.141. The molecule has 0 fully saturated rings. The summed E-state index contributed by atoms with van der Waals surface area (Å²) in [5.41, 5.74) is 2.13. The van der Waals surface area contributed by atoms with Gasteiger partial charge in [-0.15, -0.1) is 0 Å². The Bertz CT molecular complexity index is 1140. The van der Waals surface area contributed by atoms with Gasteiger partial charge in [-0.2, -0.15) is 0 Å². The van der Waals surface area contributed by atoms with E-state index in [1.807, 2.05) is 38.1 Å². The molecule has 8 nitrogen and oxygen atoms in total. The summed E-state index contributed by atoms with van der Waals surface area (Å²) < 4.78 is 26.2. The van der Waals surface area contributed by atoms with Crippen molar-refractivity contribution in [2.45, 2.75) is 50.6 Å². The number of likely N-dealkylation sites (N-methyl/N-ethyl adjacent to an activating group) is 1. The largest absolute Gasteiger partial charge is 0.357 e. The number of fused-ring (bicyclic) bond motifs is 1. The average molecular weight is 472 g/mol. The number of carbonyl (C=O) groups is 3. The maximum absolute atomic E-state index is 13.2. The number of aryl methyl sites for hydroxylation is 1. The fourth-order valence-corrected chi connectivity index (χ4v) is 5.55. The topological polar surface area (TPSA) is 104 Å². The molecule has 2 aromatic carbocycles. The highest BCUT2D eigenvalue weighted by Gasteiger charge is 2.40. The van der Waals surface area contributed by atoms with E-state index in [1.165, 1.54) is 24.1 Å². The molecule has 0 saturated carbocycles. The van der Waals surface area contributed by atoms with E-state index in [4.69, 9.17) is 0 Å². The predicted molar refractivity (Wildman–Crippen MR) is 124 cm³/mol. The van der Waals surface area contributed by atoms with Crippen LogP contribution in [0.3, 0.4) is 0 Å². The molecule has 2 aromatic rings. The molecule has 33 heavy (non-hydrogen) atoms. The van der Waals surface area contributed by atoms with E-state index in [1.54, 1.807) is 12.1 Å². The Morgan fingerprint density at radius 3 is 2.36 bits per heavy atom. The number of benzene rings is 2. The number of sulfonamides is 1. The van der Waals surface area contributed by atoms with Crippen molar-refractivity contribution in [3.8, 4) is 0 Å². The molecule has 176 valence electrons. The van der Waals surface area contributed by atoms with Crippen molar-refractivity contribution in [3.05, 3.63) is 65.2 Å². The van der Waals surface area contributed by atoms with E-state index in [0.717, 1.165) is 15.4 Å². The van der Waals surface area contributed by atoms with Gasteiger partial charge >= 0.3 is 0 Å². The van der Waals surface area contributed by atoms with E-state index in [9.17, 15) is 22.8 Å². The van der Waals surface area contributed by atoms with E-state index in [2.05, 4.69) is 5.32 Å². The fourth-order valence-electron chi connectivity index (χ4n) is 3.95. The molecular weight excluding hydrogens is 442 g/mol. The van der Waals surface area contributed by atoms with E-state index in [0.29, 0.717) is 6.42 Å². The van der Waals surface area contributed by atoms with Gasteiger partial charge in [-0.25, -0.2) is 12.7 Å². The van der Waals surface area contributed by atoms with Gasteiger partial charge in [0.15, 0.2) is 0 Å². The standard InChI is InChI=1S/C24H29N3O5S/c1-4-20(23(29)25-3)26(16-18-13-11-17(2)12-14-18)22(28)10-7-15-27-24(30)19-8-5-6-9-21(19)33(27,31)32/h5-6,8-9,11-14,20H,4,7,10,15-16H2,1-3H3,(H,25,29). The van der Waals surface area contributed by atoms with Gasteiger partial charge in [0.05, 0.1) is 5.56 Å². The second-order valence-electron chi connectivity index (χ2n) is 8.03. The van der Waals surface area contributed by atoms with Gasteiger partial charge in [-0.1, -0.05) is 48.9 Å². The first-order chi connectivity index (χ1) is 15.7. The molecule has 9 heteroatoms. The zero-order valence-electron chi connectivity index (χ0n) is 19.1. The Labute approximate surface area is 194 Å². The zero-order valence-corrected chi connectivity index (χ0v) is 19.9. The van der Waals surface area contributed by atoms with Gasteiger partial charge in [0.25, 0.3) is 15.9 Å². The Balaban J connectivity index is 1.72. The average Bonchev–Trinajstić information content (AvgIpc) is 3.00. The molecule has 0 spiro atoms. The minimum atomic E-state index is -3.91. The van der Waals surface area contributed by atoms with E-state index >= 15 is 0 Å². The predicted octanol–water partition coefficient (Wildman–Crippen LogP) is 2.47. The third kappa shape index (κ3) is 5.08. The minimum absolute atomic E-state index is 0.00649. The number of amides is 3. The van der Waals surface area contributed by atoms with Crippen LogP contribution in [0.1, 0.15) is 47.7 Å². The normalized spacial score (nSPS) is 15.1. The lowest BCUT2D eigenvalue weighted by atomic mass is 10.1. The Hall–Kier alpha value is -3.20. The van der Waals surface area contributed by atoms with Gasteiger partial charge in [0, 0.05) is 26.6 Å². The van der Waals surface area contributed by atoms with Crippen LogP contribution in [0.5, 0.6) is 0 Å². The summed E-state index contributed by atoms with van der Waals surface area (Å²) in [5, 5.41) is 2.61. The van der Waals surface area contributed by atoms with Crippen LogP contribution in [-0.2, 0) is 26.2 Å². The van der Waals surface area contributed by atoms with Gasteiger partial charge in [-0.05, 0) is 37.5 Å². The zero-order chi connectivity index (χ0) is 24.2. The molecule has 0 aromatic heterocycles. The molecule has 1 unspecified atom stereocenters. The number of hydrogen-bond donors (Lipinski definition) is 1. The maximum atomic E-state index is 13.2. The summed E-state index contributed by atoms with van der Waals surface area (Å²) in [6, 6.07) is 13.2. The molecule has 0 bridgehead atoms. The number of hydrogen-bond acceptors (Lipinski definition) is 5. The quantitative estimate of drug-likeness (QED) is 0.605. The number of rotatable bonds is 9. The molecule has 0 saturated heterocycles. The van der Waals surface area contributed by atoms with Gasteiger partial charge in [0.1, 0.15) is 10.9 Å². The summed E-state index contributed by atoms with van der Waals surface area (Å²) in [6.45, 7) is 3.97. The van der Waals surface area contributed by atoms with Crippen molar-refractivity contribution >= 4 is 27.7 Å². The smallest absolute Gasteiger partial charge is 0.269 e. The highest BCUT2D eigenvalue weighted by Crippen LogP contribution is 2.30. The van der Waals surface area contributed by atoms with Crippen molar-refractivity contribution in [3.63, 3.8) is 0 Å². The van der Waals surface area contributed by atoms with Crippen molar-refractivity contribution in [2.75, 3.05) is 13.6 Å². The van der Waals surface area contributed by atoms with Crippen LogP contribution in [0, 0.1) is 6.92 Å². The van der Waals surface area contributed by atoms with Crippen LogP contribution in [-0.4, -0.2) is 55.0 Å². The molecule has 3 amide bonds. The second kappa shape index (κ2) is 10.2. The van der Waals surface area contributed by atoms with Gasteiger partial charge in [-0.3, -0.25) is 14.4 Å². The Kier molecular flexibility index (Phi) is 7.53. The van der Waals surface area contributed by atoms with Crippen LogP contribution in [0.25, 0.3) is 0 Å². The molecule has 1 atom stereocenters. The van der Waals surface area contributed by atoms with E-state index in [-0.39, 0.29) is 48.2 Å². The summed E-state index contributed by atoms with van der Waals surface area (Å²) in [7, 11) is -2.38. The molecule has 1 aliphatic rings. The monoisotopic (exact) mass is 471 g/mol. The maximum Gasteiger partial charge on any atom is 0.269 e. The third-order valence-corrected chi connectivity index (χ3v) is 7.61. The van der Waals surface area contributed by atoms with Crippen LogP contribution >= 0.6 is 0 Å². The molecule has 0 aliphatic carbocycles.